The zero-order valence-electron chi connectivity index (χ0n) is 11.4. The molecule has 1 aromatic heterocycles. The van der Waals surface area contributed by atoms with E-state index in [0.29, 0.717) is 0 Å². The van der Waals surface area contributed by atoms with Gasteiger partial charge in [0.1, 0.15) is 0 Å². The van der Waals surface area contributed by atoms with E-state index in [2.05, 4.69) is 41.3 Å². The van der Waals surface area contributed by atoms with Crippen LogP contribution < -0.4 is 5.73 Å². The van der Waals surface area contributed by atoms with Crippen LogP contribution in [-0.4, -0.2) is 16.7 Å². The number of aromatic nitrogens is 2. The predicted molar refractivity (Wildman–Crippen MR) is 74.9 cm³/mol. The maximum Gasteiger partial charge on any atom is 0.226 e. The van der Waals surface area contributed by atoms with E-state index in [9.17, 15) is 0 Å². The Kier molecular flexibility index (Phi) is 5.10. The van der Waals surface area contributed by atoms with Crippen LogP contribution in [0.5, 0.6) is 0 Å². The van der Waals surface area contributed by atoms with Gasteiger partial charge in [-0.05, 0) is 31.9 Å². The largest absolute Gasteiger partial charge is 0.339 e. The molecule has 2 aromatic rings. The van der Waals surface area contributed by atoms with E-state index in [1.165, 1.54) is 11.1 Å². The third kappa shape index (κ3) is 4.48. The SMILES string of the molecule is Cc1cccc(Cc2noc(CCCCCN)n2)c1. The minimum absolute atomic E-state index is 0.730. The molecule has 1 heterocycles. The normalized spacial score (nSPS) is 10.8. The highest BCUT2D eigenvalue weighted by molar-refractivity contribution is 5.24. The maximum atomic E-state index is 5.46. The van der Waals surface area contributed by atoms with Gasteiger partial charge in [0, 0.05) is 12.8 Å². The van der Waals surface area contributed by atoms with Crippen molar-refractivity contribution in [3.63, 3.8) is 0 Å². The lowest BCUT2D eigenvalue weighted by atomic mass is 10.1. The molecule has 0 aliphatic carbocycles. The lowest BCUT2D eigenvalue weighted by Gasteiger charge is -1.98. The van der Waals surface area contributed by atoms with Crippen LogP contribution in [0.25, 0.3) is 0 Å². The van der Waals surface area contributed by atoms with Gasteiger partial charge >= 0.3 is 0 Å². The Morgan fingerprint density at radius 2 is 2.11 bits per heavy atom. The summed E-state index contributed by atoms with van der Waals surface area (Å²) < 4.78 is 5.25. The van der Waals surface area contributed by atoms with Crippen molar-refractivity contribution in [1.82, 2.24) is 10.1 Å². The van der Waals surface area contributed by atoms with E-state index in [0.717, 1.165) is 50.4 Å². The van der Waals surface area contributed by atoms with Crippen LogP contribution >= 0.6 is 0 Å². The summed E-state index contributed by atoms with van der Waals surface area (Å²) in [6.45, 7) is 2.84. The molecule has 0 aliphatic heterocycles. The lowest BCUT2D eigenvalue weighted by molar-refractivity contribution is 0.369. The highest BCUT2D eigenvalue weighted by atomic mass is 16.5. The fourth-order valence-electron chi connectivity index (χ4n) is 2.07. The standard InChI is InChI=1S/C15H21N3O/c1-12-6-5-7-13(10-12)11-14-17-15(19-18-14)8-3-2-4-9-16/h5-7,10H,2-4,8-9,11,16H2,1H3. The molecule has 0 unspecified atom stereocenters. The van der Waals surface area contributed by atoms with Crippen molar-refractivity contribution in [1.29, 1.82) is 0 Å². The molecule has 0 spiro atoms. The molecule has 1 aromatic carbocycles. The zero-order valence-corrected chi connectivity index (χ0v) is 11.4. The number of hydrogen-bond acceptors (Lipinski definition) is 4. The molecule has 2 N–H and O–H groups in total. The Balaban J connectivity index is 1.87. The first-order valence-corrected chi connectivity index (χ1v) is 6.85. The van der Waals surface area contributed by atoms with Gasteiger partial charge in [0.05, 0.1) is 0 Å². The van der Waals surface area contributed by atoms with Gasteiger partial charge in [-0.2, -0.15) is 4.98 Å². The summed E-state index contributed by atoms with van der Waals surface area (Å²) in [5, 5.41) is 4.03. The quantitative estimate of drug-likeness (QED) is 0.776. The van der Waals surface area contributed by atoms with Crippen molar-refractivity contribution >= 4 is 0 Å². The molecule has 4 heteroatoms. The highest BCUT2D eigenvalue weighted by Gasteiger charge is 2.06. The van der Waals surface area contributed by atoms with Crippen LogP contribution in [0.2, 0.25) is 0 Å². The molecule has 19 heavy (non-hydrogen) atoms. The second-order valence-corrected chi connectivity index (χ2v) is 4.87. The van der Waals surface area contributed by atoms with E-state index in [4.69, 9.17) is 10.3 Å². The van der Waals surface area contributed by atoms with Gasteiger partial charge in [-0.1, -0.05) is 41.4 Å². The van der Waals surface area contributed by atoms with Crippen molar-refractivity contribution in [2.24, 2.45) is 5.73 Å². The average molecular weight is 259 g/mol. The van der Waals surface area contributed by atoms with E-state index >= 15 is 0 Å². The van der Waals surface area contributed by atoms with Gasteiger partial charge in [0.15, 0.2) is 5.82 Å². The molecule has 0 bridgehead atoms. The molecule has 0 fully saturated rings. The highest BCUT2D eigenvalue weighted by Crippen LogP contribution is 2.10. The fraction of sp³-hybridized carbons (Fsp3) is 0.467. The van der Waals surface area contributed by atoms with E-state index < -0.39 is 0 Å². The lowest BCUT2D eigenvalue weighted by Crippen LogP contribution is -1.98. The Hall–Kier alpha value is -1.68. The minimum atomic E-state index is 0.730. The van der Waals surface area contributed by atoms with Gasteiger partial charge in [-0.25, -0.2) is 0 Å². The van der Waals surface area contributed by atoms with Gasteiger partial charge in [-0.3, -0.25) is 0 Å². The second-order valence-electron chi connectivity index (χ2n) is 4.87. The van der Waals surface area contributed by atoms with Gasteiger partial charge < -0.3 is 10.3 Å². The topological polar surface area (TPSA) is 64.9 Å². The van der Waals surface area contributed by atoms with Crippen LogP contribution in [0, 0.1) is 6.92 Å². The van der Waals surface area contributed by atoms with Crippen LogP contribution in [0.3, 0.4) is 0 Å². The van der Waals surface area contributed by atoms with Crippen molar-refractivity contribution in [3.05, 3.63) is 47.1 Å². The van der Waals surface area contributed by atoms with E-state index in [1.54, 1.807) is 0 Å². The number of hydrogen-bond donors (Lipinski definition) is 1. The molecule has 0 aliphatic rings. The number of rotatable bonds is 7. The molecule has 0 saturated heterocycles. The molecular weight excluding hydrogens is 238 g/mol. The van der Waals surface area contributed by atoms with Crippen LogP contribution in [0.15, 0.2) is 28.8 Å². The summed E-state index contributed by atoms with van der Waals surface area (Å²) in [6, 6.07) is 8.38. The summed E-state index contributed by atoms with van der Waals surface area (Å²) >= 11 is 0. The van der Waals surface area contributed by atoms with Gasteiger partial charge in [0.2, 0.25) is 5.89 Å². The number of benzene rings is 1. The number of nitrogens with zero attached hydrogens (tertiary/aromatic N) is 2. The third-order valence-electron chi connectivity index (χ3n) is 3.05. The number of aryl methyl sites for hydroxylation is 2. The van der Waals surface area contributed by atoms with Crippen molar-refractivity contribution < 1.29 is 4.52 Å². The second kappa shape index (κ2) is 7.04. The summed E-state index contributed by atoms with van der Waals surface area (Å²) in [7, 11) is 0. The van der Waals surface area contributed by atoms with Crippen LogP contribution in [0.1, 0.15) is 42.1 Å². The molecule has 0 radical (unpaired) electrons. The van der Waals surface area contributed by atoms with Crippen molar-refractivity contribution in [2.75, 3.05) is 6.54 Å². The Morgan fingerprint density at radius 3 is 2.89 bits per heavy atom. The Labute approximate surface area is 114 Å². The predicted octanol–water partition coefficient (Wildman–Crippen LogP) is 2.64. The van der Waals surface area contributed by atoms with Gasteiger partial charge in [0.25, 0.3) is 0 Å². The van der Waals surface area contributed by atoms with Crippen LogP contribution in [-0.2, 0) is 12.8 Å². The smallest absolute Gasteiger partial charge is 0.226 e. The van der Waals surface area contributed by atoms with Crippen LogP contribution in [0.4, 0.5) is 0 Å². The first-order valence-electron chi connectivity index (χ1n) is 6.85. The monoisotopic (exact) mass is 259 g/mol. The summed E-state index contributed by atoms with van der Waals surface area (Å²) in [4.78, 5) is 4.42. The van der Waals surface area contributed by atoms with E-state index in [-0.39, 0.29) is 0 Å². The Bertz CT molecular complexity index is 508. The van der Waals surface area contributed by atoms with Crippen molar-refractivity contribution in [3.8, 4) is 0 Å². The Morgan fingerprint density at radius 1 is 1.21 bits per heavy atom. The average Bonchev–Trinajstić information content (AvgIpc) is 2.82. The summed E-state index contributed by atoms with van der Waals surface area (Å²) in [5.74, 6) is 1.50. The van der Waals surface area contributed by atoms with E-state index in [1.807, 2.05) is 0 Å². The third-order valence-corrected chi connectivity index (χ3v) is 3.05. The molecule has 4 nitrogen and oxygen atoms in total. The fourth-order valence-corrected chi connectivity index (χ4v) is 2.07. The first-order chi connectivity index (χ1) is 9.28. The molecule has 0 amide bonds. The zero-order chi connectivity index (χ0) is 13.5. The molecule has 2 rings (SSSR count). The molecular formula is C15H21N3O. The maximum absolute atomic E-state index is 5.46. The minimum Gasteiger partial charge on any atom is -0.339 e. The molecule has 0 saturated carbocycles. The molecule has 0 atom stereocenters. The number of unbranched alkanes of at least 4 members (excludes halogenated alkanes) is 2. The molecule has 102 valence electrons. The van der Waals surface area contributed by atoms with Gasteiger partial charge in [-0.15, -0.1) is 0 Å². The summed E-state index contributed by atoms with van der Waals surface area (Å²) in [6.07, 6.45) is 4.81. The first kappa shape index (κ1) is 13.7. The van der Waals surface area contributed by atoms with Crippen molar-refractivity contribution in [2.45, 2.75) is 39.0 Å². The number of nitrogens with two attached hydrogens (primary N) is 1. The summed E-state index contributed by atoms with van der Waals surface area (Å²) in [5.41, 5.74) is 7.93.